The molecule has 120 valence electrons. The molecule has 1 unspecified atom stereocenters. The van der Waals surface area contributed by atoms with Crippen LogP contribution in [0.5, 0.6) is 5.88 Å². The smallest absolute Gasteiger partial charge is 0.258 e. The third-order valence-corrected chi connectivity index (χ3v) is 4.71. The SMILES string of the molecule is COc1nn(C)cc1C(=O)NC(C)Cc1csc2ccccc12. The van der Waals surface area contributed by atoms with Gasteiger partial charge in [0.05, 0.1) is 7.11 Å². The predicted octanol–water partition coefficient (Wildman–Crippen LogP) is 3.00. The van der Waals surface area contributed by atoms with Crippen molar-refractivity contribution in [2.75, 3.05) is 7.11 Å². The zero-order valence-corrected chi connectivity index (χ0v) is 14.2. The van der Waals surface area contributed by atoms with Gasteiger partial charge in [-0.1, -0.05) is 18.2 Å². The molecule has 0 aliphatic heterocycles. The number of methoxy groups -OCH3 is 1. The maximum Gasteiger partial charge on any atom is 0.258 e. The highest BCUT2D eigenvalue weighted by atomic mass is 32.1. The Morgan fingerprint density at radius 2 is 2.22 bits per heavy atom. The maximum atomic E-state index is 12.4. The molecule has 1 amide bonds. The fraction of sp³-hybridized carbons (Fsp3) is 0.294. The summed E-state index contributed by atoms with van der Waals surface area (Å²) in [6, 6.07) is 8.35. The zero-order chi connectivity index (χ0) is 16.4. The number of amides is 1. The highest BCUT2D eigenvalue weighted by molar-refractivity contribution is 7.17. The van der Waals surface area contributed by atoms with E-state index in [1.165, 1.54) is 22.8 Å². The molecular formula is C17H19N3O2S. The molecule has 2 aromatic heterocycles. The summed E-state index contributed by atoms with van der Waals surface area (Å²) in [4.78, 5) is 12.4. The number of hydrogen-bond acceptors (Lipinski definition) is 4. The van der Waals surface area contributed by atoms with Gasteiger partial charge in [-0.15, -0.1) is 16.4 Å². The Morgan fingerprint density at radius 3 is 3.00 bits per heavy atom. The van der Waals surface area contributed by atoms with E-state index in [1.54, 1.807) is 29.3 Å². The molecule has 3 rings (SSSR count). The van der Waals surface area contributed by atoms with Crippen molar-refractivity contribution in [1.82, 2.24) is 15.1 Å². The van der Waals surface area contributed by atoms with E-state index in [0.717, 1.165) is 6.42 Å². The van der Waals surface area contributed by atoms with Crippen molar-refractivity contribution < 1.29 is 9.53 Å². The van der Waals surface area contributed by atoms with Gasteiger partial charge in [0, 0.05) is 24.0 Å². The molecule has 0 fully saturated rings. The topological polar surface area (TPSA) is 56.2 Å². The summed E-state index contributed by atoms with van der Waals surface area (Å²) >= 11 is 1.73. The number of thiophene rings is 1. The minimum Gasteiger partial charge on any atom is -0.479 e. The van der Waals surface area contributed by atoms with Gasteiger partial charge in [-0.25, -0.2) is 0 Å². The first-order chi connectivity index (χ1) is 11.1. The molecule has 3 aromatic rings. The minimum absolute atomic E-state index is 0.0189. The number of benzene rings is 1. The van der Waals surface area contributed by atoms with E-state index in [-0.39, 0.29) is 11.9 Å². The van der Waals surface area contributed by atoms with Crippen LogP contribution >= 0.6 is 11.3 Å². The zero-order valence-electron chi connectivity index (χ0n) is 13.4. The molecule has 0 saturated carbocycles. The third-order valence-electron chi connectivity index (χ3n) is 3.70. The third kappa shape index (κ3) is 3.22. The first kappa shape index (κ1) is 15.6. The Labute approximate surface area is 138 Å². The van der Waals surface area contributed by atoms with Gasteiger partial charge in [-0.3, -0.25) is 9.48 Å². The van der Waals surface area contributed by atoms with E-state index in [1.807, 2.05) is 19.1 Å². The van der Waals surface area contributed by atoms with Crippen LogP contribution in [0, 0.1) is 0 Å². The summed E-state index contributed by atoms with van der Waals surface area (Å²) in [7, 11) is 3.28. The van der Waals surface area contributed by atoms with Gasteiger partial charge in [-0.2, -0.15) is 0 Å². The fourth-order valence-corrected chi connectivity index (χ4v) is 3.62. The molecule has 0 aliphatic carbocycles. The fourth-order valence-electron chi connectivity index (χ4n) is 2.65. The number of nitrogens with zero attached hydrogens (tertiary/aromatic N) is 2. The Morgan fingerprint density at radius 1 is 1.43 bits per heavy atom. The number of aromatic nitrogens is 2. The Kier molecular flexibility index (Phi) is 4.34. The quantitative estimate of drug-likeness (QED) is 0.783. The standard InChI is InChI=1S/C17H19N3O2S/c1-11(8-12-10-23-15-7-5-4-6-13(12)15)18-16(21)14-9-20(2)19-17(14)22-3/h4-7,9-11H,8H2,1-3H3,(H,18,21). The van der Waals surface area contributed by atoms with Crippen LogP contribution in [0.2, 0.25) is 0 Å². The van der Waals surface area contributed by atoms with Crippen LogP contribution in [0.1, 0.15) is 22.8 Å². The molecule has 0 radical (unpaired) electrons. The van der Waals surface area contributed by atoms with Gasteiger partial charge in [0.15, 0.2) is 0 Å². The van der Waals surface area contributed by atoms with Crippen LogP contribution < -0.4 is 10.1 Å². The Hall–Kier alpha value is -2.34. The summed E-state index contributed by atoms with van der Waals surface area (Å²) < 4.78 is 7.99. The lowest BCUT2D eigenvalue weighted by atomic mass is 10.1. The number of carbonyl (C=O) groups is 1. The number of nitrogens with one attached hydrogen (secondary N) is 1. The molecule has 1 atom stereocenters. The van der Waals surface area contributed by atoms with Crippen molar-refractivity contribution in [2.24, 2.45) is 7.05 Å². The van der Waals surface area contributed by atoms with Crippen molar-refractivity contribution >= 4 is 27.3 Å². The van der Waals surface area contributed by atoms with Crippen LogP contribution in [0.3, 0.4) is 0 Å². The molecule has 23 heavy (non-hydrogen) atoms. The van der Waals surface area contributed by atoms with Gasteiger partial charge in [0.2, 0.25) is 5.88 Å². The monoisotopic (exact) mass is 329 g/mol. The Balaban J connectivity index is 1.71. The largest absolute Gasteiger partial charge is 0.479 e. The summed E-state index contributed by atoms with van der Waals surface area (Å²) in [5, 5.41) is 10.6. The number of hydrogen-bond donors (Lipinski definition) is 1. The average Bonchev–Trinajstić information content (AvgIpc) is 3.11. The van der Waals surface area contributed by atoms with E-state index in [2.05, 4.69) is 27.9 Å². The van der Waals surface area contributed by atoms with Crippen LogP contribution in [0.15, 0.2) is 35.8 Å². The van der Waals surface area contributed by atoms with Crippen LogP contribution in [-0.4, -0.2) is 28.8 Å². The summed E-state index contributed by atoms with van der Waals surface area (Å²) in [5.74, 6) is 0.181. The number of aryl methyl sites for hydroxylation is 1. The molecule has 1 aromatic carbocycles. The Bertz CT molecular complexity index is 837. The van der Waals surface area contributed by atoms with Crippen molar-refractivity contribution in [2.45, 2.75) is 19.4 Å². The molecule has 6 heteroatoms. The number of fused-ring (bicyclic) bond motifs is 1. The minimum atomic E-state index is -0.165. The van der Waals surface area contributed by atoms with Crippen molar-refractivity contribution in [3.63, 3.8) is 0 Å². The highest BCUT2D eigenvalue weighted by Gasteiger charge is 2.18. The highest BCUT2D eigenvalue weighted by Crippen LogP contribution is 2.26. The number of carbonyl (C=O) groups excluding carboxylic acids is 1. The van der Waals surface area contributed by atoms with Gasteiger partial charge in [-0.05, 0) is 35.7 Å². The second-order valence-electron chi connectivity index (χ2n) is 5.56. The van der Waals surface area contributed by atoms with E-state index in [9.17, 15) is 4.79 Å². The van der Waals surface area contributed by atoms with E-state index in [0.29, 0.717) is 11.4 Å². The first-order valence-electron chi connectivity index (χ1n) is 7.42. The molecule has 0 spiro atoms. The molecule has 0 saturated heterocycles. The van der Waals surface area contributed by atoms with Gasteiger partial charge >= 0.3 is 0 Å². The van der Waals surface area contributed by atoms with Gasteiger partial charge in [0.25, 0.3) is 5.91 Å². The lowest BCUT2D eigenvalue weighted by Gasteiger charge is -2.13. The number of rotatable bonds is 5. The molecular weight excluding hydrogens is 310 g/mol. The first-order valence-corrected chi connectivity index (χ1v) is 8.30. The summed E-state index contributed by atoms with van der Waals surface area (Å²) in [6.07, 6.45) is 2.46. The lowest BCUT2D eigenvalue weighted by Crippen LogP contribution is -2.34. The van der Waals surface area contributed by atoms with Crippen LogP contribution in [0.4, 0.5) is 0 Å². The van der Waals surface area contributed by atoms with Gasteiger partial charge in [0.1, 0.15) is 5.56 Å². The molecule has 2 heterocycles. The number of ether oxygens (including phenoxy) is 1. The van der Waals surface area contributed by atoms with Crippen LogP contribution in [-0.2, 0) is 13.5 Å². The van der Waals surface area contributed by atoms with E-state index >= 15 is 0 Å². The average molecular weight is 329 g/mol. The van der Waals surface area contributed by atoms with Crippen molar-refractivity contribution in [3.8, 4) is 5.88 Å². The maximum absolute atomic E-state index is 12.4. The molecule has 0 bridgehead atoms. The molecule has 0 aliphatic rings. The van der Waals surface area contributed by atoms with E-state index < -0.39 is 0 Å². The van der Waals surface area contributed by atoms with Crippen LogP contribution in [0.25, 0.3) is 10.1 Å². The molecule has 1 N–H and O–H groups in total. The summed E-state index contributed by atoms with van der Waals surface area (Å²) in [6.45, 7) is 2.01. The van der Waals surface area contributed by atoms with Crippen molar-refractivity contribution in [1.29, 1.82) is 0 Å². The predicted molar refractivity (Wildman–Crippen MR) is 92.2 cm³/mol. The van der Waals surface area contributed by atoms with Gasteiger partial charge < -0.3 is 10.1 Å². The van der Waals surface area contributed by atoms with E-state index in [4.69, 9.17) is 4.74 Å². The van der Waals surface area contributed by atoms with Crippen molar-refractivity contribution in [3.05, 3.63) is 47.0 Å². The second kappa shape index (κ2) is 6.42. The summed E-state index contributed by atoms with van der Waals surface area (Å²) in [5.41, 5.74) is 1.72. The normalized spacial score (nSPS) is 12.3. The lowest BCUT2D eigenvalue weighted by molar-refractivity contribution is 0.0937. The molecule has 5 nitrogen and oxygen atoms in total. The second-order valence-corrected chi connectivity index (χ2v) is 6.47.